The highest BCUT2D eigenvalue weighted by molar-refractivity contribution is 6.27. The number of aromatic nitrogens is 2. The molecule has 148 valence electrons. The number of nitrogens with zero attached hydrogens (tertiary/aromatic N) is 4. The molecule has 2 N–H and O–H groups in total. The number of likely N-dealkylation sites (tertiary alicyclic amines) is 1. The minimum atomic E-state index is -1.82. The maximum absolute atomic E-state index is 12.1. The van der Waals surface area contributed by atoms with Gasteiger partial charge >= 0.3 is 11.9 Å². The number of carboxylic acids is 2. The molecule has 1 aromatic heterocycles. The van der Waals surface area contributed by atoms with E-state index in [2.05, 4.69) is 15.0 Å². The van der Waals surface area contributed by atoms with Crippen LogP contribution in [0.25, 0.3) is 0 Å². The molecule has 0 aromatic carbocycles. The first-order valence-electron chi connectivity index (χ1n) is 8.81. The van der Waals surface area contributed by atoms with Crippen molar-refractivity contribution in [2.75, 3.05) is 45.9 Å². The monoisotopic (exact) mass is 382 g/mol. The van der Waals surface area contributed by atoms with Gasteiger partial charge in [0.05, 0.1) is 25.7 Å². The summed E-state index contributed by atoms with van der Waals surface area (Å²) in [6.45, 7) is 4.89. The fourth-order valence-corrected chi connectivity index (χ4v) is 2.88. The molecule has 1 saturated carbocycles. The molecule has 11 nitrogen and oxygen atoms in total. The number of ether oxygens (including phenoxy) is 1. The lowest BCUT2D eigenvalue weighted by molar-refractivity contribution is -0.159. The van der Waals surface area contributed by atoms with E-state index < -0.39 is 11.9 Å². The lowest BCUT2D eigenvalue weighted by Crippen LogP contribution is -2.52. The number of morpholine rings is 1. The minimum absolute atomic E-state index is 0.195. The van der Waals surface area contributed by atoms with Gasteiger partial charge < -0.3 is 24.4 Å². The van der Waals surface area contributed by atoms with Gasteiger partial charge in [0, 0.05) is 32.1 Å². The fraction of sp³-hybridized carbons (Fsp3) is 0.688. The summed E-state index contributed by atoms with van der Waals surface area (Å²) in [6, 6.07) is 0. The maximum atomic E-state index is 12.1. The van der Waals surface area contributed by atoms with Crippen LogP contribution in [0.1, 0.15) is 36.4 Å². The minimum Gasteiger partial charge on any atom is -0.473 e. The average molecular weight is 382 g/mol. The summed E-state index contributed by atoms with van der Waals surface area (Å²) in [5, 5.41) is 18.8. The molecular weight excluding hydrogens is 360 g/mol. The van der Waals surface area contributed by atoms with Gasteiger partial charge in [-0.2, -0.15) is 4.98 Å². The Morgan fingerprint density at radius 2 is 1.67 bits per heavy atom. The Kier molecular flexibility index (Phi) is 6.01. The zero-order chi connectivity index (χ0) is 19.4. The number of hydrogen-bond donors (Lipinski definition) is 2. The van der Waals surface area contributed by atoms with Gasteiger partial charge in [-0.05, 0) is 12.8 Å². The number of carboxylic acid groups (broad SMARTS) is 2. The van der Waals surface area contributed by atoms with Crippen LogP contribution < -0.4 is 0 Å². The Bertz CT molecular complexity index is 679. The summed E-state index contributed by atoms with van der Waals surface area (Å²) in [6.07, 6.45) is 2.37. The Hall–Kier alpha value is -2.53. The van der Waals surface area contributed by atoms with E-state index in [1.54, 1.807) is 0 Å². The molecule has 0 unspecified atom stereocenters. The van der Waals surface area contributed by atoms with Crippen molar-refractivity contribution in [3.8, 4) is 0 Å². The molecular formula is C16H22N4O7. The van der Waals surface area contributed by atoms with E-state index in [9.17, 15) is 4.79 Å². The number of carbonyl (C=O) groups excluding carboxylic acids is 1. The highest BCUT2D eigenvalue weighted by Crippen LogP contribution is 2.39. The van der Waals surface area contributed by atoms with Gasteiger partial charge in [0.2, 0.25) is 11.8 Å². The summed E-state index contributed by atoms with van der Waals surface area (Å²) in [5.41, 5.74) is 0. The Morgan fingerprint density at radius 3 is 2.22 bits per heavy atom. The molecule has 1 aromatic rings. The second-order valence-corrected chi connectivity index (χ2v) is 6.76. The summed E-state index contributed by atoms with van der Waals surface area (Å²) in [4.78, 5) is 38.8. The lowest BCUT2D eigenvalue weighted by atomic mass is 10.0. The summed E-state index contributed by atoms with van der Waals surface area (Å²) >= 11 is 0. The first kappa shape index (κ1) is 19.2. The van der Waals surface area contributed by atoms with Crippen molar-refractivity contribution in [3.63, 3.8) is 0 Å². The van der Waals surface area contributed by atoms with Gasteiger partial charge in [-0.3, -0.25) is 9.69 Å². The van der Waals surface area contributed by atoms with Crippen LogP contribution in [0.3, 0.4) is 0 Å². The van der Waals surface area contributed by atoms with Crippen LogP contribution in [0.15, 0.2) is 4.52 Å². The van der Waals surface area contributed by atoms with Crippen LogP contribution in [0.5, 0.6) is 0 Å². The van der Waals surface area contributed by atoms with E-state index in [1.165, 1.54) is 12.8 Å². The molecule has 0 radical (unpaired) electrons. The molecule has 11 heteroatoms. The summed E-state index contributed by atoms with van der Waals surface area (Å²) < 4.78 is 10.6. The smallest absolute Gasteiger partial charge is 0.414 e. The van der Waals surface area contributed by atoms with Crippen molar-refractivity contribution in [1.82, 2.24) is 19.9 Å². The number of rotatable bonds is 4. The van der Waals surface area contributed by atoms with E-state index in [-0.39, 0.29) is 5.91 Å². The highest BCUT2D eigenvalue weighted by atomic mass is 16.5. The van der Waals surface area contributed by atoms with Gasteiger partial charge in [0.25, 0.3) is 0 Å². The predicted molar refractivity (Wildman–Crippen MR) is 88.1 cm³/mol. The lowest BCUT2D eigenvalue weighted by Gasteiger charge is -2.38. The third-order valence-electron chi connectivity index (χ3n) is 4.61. The normalized spacial score (nSPS) is 20.4. The molecule has 4 rings (SSSR count). The number of aliphatic carboxylic acids is 2. The molecule has 1 aliphatic carbocycles. The molecule has 2 saturated heterocycles. The quantitative estimate of drug-likeness (QED) is 0.645. The number of amides is 1. The third-order valence-corrected chi connectivity index (χ3v) is 4.61. The predicted octanol–water partition coefficient (Wildman–Crippen LogP) is -0.639. The standard InChI is InChI=1S/C14H20N4O3.C2H2O4/c19-12(18-3-5-20-6-4-18)9-17-7-11(8-17)14-15-13(16-21-14)10-1-2-10;3-1(4)2(5)6/h10-11H,1-9H2;(H,3,4)(H,5,6). The van der Waals surface area contributed by atoms with Crippen molar-refractivity contribution < 1.29 is 33.9 Å². The van der Waals surface area contributed by atoms with Gasteiger partial charge in [0.1, 0.15) is 0 Å². The van der Waals surface area contributed by atoms with Crippen molar-refractivity contribution in [3.05, 3.63) is 11.7 Å². The van der Waals surface area contributed by atoms with Gasteiger partial charge in [-0.25, -0.2) is 9.59 Å². The van der Waals surface area contributed by atoms with E-state index in [0.29, 0.717) is 44.7 Å². The number of carbonyl (C=O) groups is 3. The second-order valence-electron chi connectivity index (χ2n) is 6.76. The van der Waals surface area contributed by atoms with Crippen LogP contribution >= 0.6 is 0 Å². The number of hydrogen-bond acceptors (Lipinski definition) is 8. The van der Waals surface area contributed by atoms with Gasteiger partial charge in [-0.1, -0.05) is 5.16 Å². The second kappa shape index (κ2) is 8.44. The van der Waals surface area contributed by atoms with Crippen molar-refractivity contribution in [2.45, 2.75) is 24.7 Å². The van der Waals surface area contributed by atoms with Crippen LogP contribution in [-0.4, -0.2) is 93.9 Å². The Morgan fingerprint density at radius 1 is 1.04 bits per heavy atom. The van der Waals surface area contributed by atoms with E-state index >= 15 is 0 Å². The SMILES string of the molecule is O=C(CN1CC(c2nc(C3CC3)no2)C1)N1CCOCC1.O=C(O)C(=O)O. The molecule has 0 spiro atoms. The Balaban J connectivity index is 0.000000307. The van der Waals surface area contributed by atoms with Crippen LogP contribution in [-0.2, 0) is 19.1 Å². The zero-order valence-electron chi connectivity index (χ0n) is 14.7. The summed E-state index contributed by atoms with van der Waals surface area (Å²) in [5.74, 6) is -1.02. The largest absolute Gasteiger partial charge is 0.473 e. The average Bonchev–Trinajstić information content (AvgIpc) is 3.37. The molecule has 1 amide bonds. The van der Waals surface area contributed by atoms with E-state index in [0.717, 1.165) is 24.8 Å². The summed E-state index contributed by atoms with van der Waals surface area (Å²) in [7, 11) is 0. The molecule has 2 aliphatic heterocycles. The molecule has 3 heterocycles. The fourth-order valence-electron chi connectivity index (χ4n) is 2.88. The van der Waals surface area contributed by atoms with Crippen LogP contribution in [0.2, 0.25) is 0 Å². The molecule has 0 bridgehead atoms. The van der Waals surface area contributed by atoms with Crippen molar-refractivity contribution >= 4 is 17.8 Å². The van der Waals surface area contributed by atoms with Crippen molar-refractivity contribution in [2.24, 2.45) is 0 Å². The molecule has 27 heavy (non-hydrogen) atoms. The van der Waals surface area contributed by atoms with Crippen LogP contribution in [0, 0.1) is 0 Å². The zero-order valence-corrected chi connectivity index (χ0v) is 14.7. The highest BCUT2D eigenvalue weighted by Gasteiger charge is 2.36. The topological polar surface area (TPSA) is 146 Å². The van der Waals surface area contributed by atoms with E-state index in [1.807, 2.05) is 4.90 Å². The Labute approximate surface area is 154 Å². The third kappa shape index (κ3) is 5.23. The maximum Gasteiger partial charge on any atom is 0.414 e. The van der Waals surface area contributed by atoms with Gasteiger partial charge in [0.15, 0.2) is 5.82 Å². The van der Waals surface area contributed by atoms with Gasteiger partial charge in [-0.15, -0.1) is 0 Å². The molecule has 3 aliphatic rings. The first-order valence-corrected chi connectivity index (χ1v) is 8.81. The van der Waals surface area contributed by atoms with Crippen LogP contribution in [0.4, 0.5) is 0 Å². The molecule has 3 fully saturated rings. The van der Waals surface area contributed by atoms with Crippen molar-refractivity contribution in [1.29, 1.82) is 0 Å². The first-order chi connectivity index (χ1) is 12.9. The van der Waals surface area contributed by atoms with E-state index in [4.69, 9.17) is 29.1 Å². The molecule has 0 atom stereocenters.